The van der Waals surface area contributed by atoms with Crippen LogP contribution in [0.25, 0.3) is 0 Å². The maximum Gasteiger partial charge on any atom is 0.217 e. The van der Waals surface area contributed by atoms with Crippen LogP contribution in [0.5, 0.6) is 0 Å². The second kappa shape index (κ2) is 5.55. The molecule has 2 fully saturated rings. The minimum Gasteiger partial charge on any atom is -0.388 e. The molecule has 0 radical (unpaired) electrons. The minimum atomic E-state index is -0.595. The summed E-state index contributed by atoms with van der Waals surface area (Å²) < 4.78 is 0. The molecule has 0 saturated carbocycles. The summed E-state index contributed by atoms with van der Waals surface area (Å²) in [6.07, 6.45) is 3.33. The van der Waals surface area contributed by atoms with Gasteiger partial charge >= 0.3 is 0 Å². The standard InChI is InChI=1S/C13H25N3O2/c1-13(18)4-5-15-9-11(13)16-6-2-10(3-7-16)8-12(14)17/h10-11,15,18H,2-9H2,1H3,(H2,14,17). The SMILES string of the molecule is CC1(O)CCNCC1N1CCC(CC(N)=O)CC1. The van der Waals surface area contributed by atoms with Crippen LogP contribution in [0.2, 0.25) is 0 Å². The van der Waals surface area contributed by atoms with E-state index in [1.807, 2.05) is 6.92 Å². The zero-order valence-electron chi connectivity index (χ0n) is 11.2. The Morgan fingerprint density at radius 1 is 1.50 bits per heavy atom. The largest absolute Gasteiger partial charge is 0.388 e. The van der Waals surface area contributed by atoms with Crippen molar-refractivity contribution < 1.29 is 9.90 Å². The Bertz CT molecular complexity index is 299. The monoisotopic (exact) mass is 255 g/mol. The van der Waals surface area contributed by atoms with Gasteiger partial charge in [-0.3, -0.25) is 9.69 Å². The van der Waals surface area contributed by atoms with Gasteiger partial charge in [0.25, 0.3) is 0 Å². The molecular weight excluding hydrogens is 230 g/mol. The molecule has 1 amide bonds. The lowest BCUT2D eigenvalue weighted by Crippen LogP contribution is -2.61. The van der Waals surface area contributed by atoms with Gasteiger partial charge in [0.15, 0.2) is 0 Å². The van der Waals surface area contributed by atoms with Gasteiger partial charge in [0.05, 0.1) is 11.6 Å². The molecule has 4 N–H and O–H groups in total. The molecular formula is C13H25N3O2. The first-order valence-electron chi connectivity index (χ1n) is 6.94. The van der Waals surface area contributed by atoms with Crippen LogP contribution in [-0.4, -0.2) is 53.7 Å². The van der Waals surface area contributed by atoms with Gasteiger partial charge in [-0.05, 0) is 51.7 Å². The summed E-state index contributed by atoms with van der Waals surface area (Å²) >= 11 is 0. The lowest BCUT2D eigenvalue weighted by atomic mass is 9.85. The molecule has 0 spiro atoms. The van der Waals surface area contributed by atoms with Crippen LogP contribution in [0.3, 0.4) is 0 Å². The van der Waals surface area contributed by atoms with E-state index in [1.165, 1.54) is 0 Å². The number of piperidine rings is 2. The Morgan fingerprint density at radius 3 is 2.72 bits per heavy atom. The highest BCUT2D eigenvalue weighted by atomic mass is 16.3. The zero-order chi connectivity index (χ0) is 13.2. The second-order valence-electron chi connectivity index (χ2n) is 5.98. The van der Waals surface area contributed by atoms with Gasteiger partial charge in [-0.25, -0.2) is 0 Å². The number of amides is 1. The highest BCUT2D eigenvalue weighted by molar-refractivity contribution is 5.73. The Kier molecular flexibility index (Phi) is 4.25. The number of hydrogen-bond donors (Lipinski definition) is 3. The van der Waals surface area contributed by atoms with Gasteiger partial charge in [0.2, 0.25) is 5.91 Å². The molecule has 2 aliphatic heterocycles. The fraction of sp³-hybridized carbons (Fsp3) is 0.923. The van der Waals surface area contributed by atoms with Crippen molar-refractivity contribution in [2.45, 2.75) is 44.2 Å². The normalized spacial score (nSPS) is 35.6. The van der Waals surface area contributed by atoms with Crippen LogP contribution >= 0.6 is 0 Å². The second-order valence-corrected chi connectivity index (χ2v) is 5.98. The Labute approximate surface area is 109 Å². The van der Waals surface area contributed by atoms with Crippen LogP contribution in [0, 0.1) is 5.92 Å². The molecule has 2 rings (SSSR count). The molecule has 5 nitrogen and oxygen atoms in total. The molecule has 0 aromatic carbocycles. The number of nitrogens with two attached hydrogens (primary N) is 1. The molecule has 2 unspecified atom stereocenters. The number of nitrogens with one attached hydrogen (secondary N) is 1. The molecule has 0 aromatic heterocycles. The first-order valence-corrected chi connectivity index (χ1v) is 6.94. The summed E-state index contributed by atoms with van der Waals surface area (Å²) in [5, 5.41) is 13.8. The van der Waals surface area contributed by atoms with E-state index in [1.54, 1.807) is 0 Å². The predicted molar refractivity (Wildman–Crippen MR) is 70.0 cm³/mol. The van der Waals surface area contributed by atoms with E-state index < -0.39 is 5.60 Å². The molecule has 0 bridgehead atoms. The molecule has 0 aliphatic carbocycles. The number of carbonyl (C=O) groups is 1. The Balaban J connectivity index is 1.87. The van der Waals surface area contributed by atoms with Crippen molar-refractivity contribution in [2.75, 3.05) is 26.2 Å². The van der Waals surface area contributed by atoms with Crippen molar-refractivity contribution in [1.29, 1.82) is 0 Å². The first kappa shape index (κ1) is 13.8. The van der Waals surface area contributed by atoms with Crippen molar-refractivity contribution in [1.82, 2.24) is 10.2 Å². The fourth-order valence-electron chi connectivity index (χ4n) is 3.24. The predicted octanol–water partition coefficient (Wildman–Crippen LogP) is -0.313. The van der Waals surface area contributed by atoms with E-state index in [0.717, 1.165) is 45.4 Å². The van der Waals surface area contributed by atoms with Crippen molar-refractivity contribution >= 4 is 5.91 Å². The number of nitrogens with zero attached hydrogens (tertiary/aromatic N) is 1. The molecule has 2 heterocycles. The third-order valence-corrected chi connectivity index (χ3v) is 4.44. The number of carbonyl (C=O) groups excluding carboxylic acids is 1. The molecule has 2 aliphatic rings. The van der Waals surface area contributed by atoms with Gasteiger partial charge < -0.3 is 16.2 Å². The minimum absolute atomic E-state index is 0.195. The van der Waals surface area contributed by atoms with E-state index in [-0.39, 0.29) is 11.9 Å². The van der Waals surface area contributed by atoms with Gasteiger partial charge in [0, 0.05) is 13.0 Å². The third kappa shape index (κ3) is 3.22. The molecule has 0 aromatic rings. The van der Waals surface area contributed by atoms with E-state index in [0.29, 0.717) is 12.3 Å². The molecule has 2 atom stereocenters. The third-order valence-electron chi connectivity index (χ3n) is 4.44. The summed E-state index contributed by atoms with van der Waals surface area (Å²) in [7, 11) is 0. The summed E-state index contributed by atoms with van der Waals surface area (Å²) in [6.45, 7) is 5.60. The number of likely N-dealkylation sites (tertiary alicyclic amines) is 1. The van der Waals surface area contributed by atoms with Crippen molar-refractivity contribution in [3.05, 3.63) is 0 Å². The summed E-state index contributed by atoms with van der Waals surface area (Å²) in [5.74, 6) is 0.236. The van der Waals surface area contributed by atoms with E-state index in [9.17, 15) is 9.90 Å². The zero-order valence-corrected chi connectivity index (χ0v) is 11.2. The number of aliphatic hydroxyl groups is 1. The van der Waals surface area contributed by atoms with Crippen LogP contribution in [-0.2, 0) is 4.79 Å². The fourth-order valence-corrected chi connectivity index (χ4v) is 3.24. The highest BCUT2D eigenvalue weighted by Gasteiger charge is 2.39. The topological polar surface area (TPSA) is 78.6 Å². The first-order chi connectivity index (χ1) is 8.49. The average molecular weight is 255 g/mol. The molecule has 5 heteroatoms. The lowest BCUT2D eigenvalue weighted by Gasteiger charge is -2.46. The number of rotatable bonds is 3. The van der Waals surface area contributed by atoms with Crippen LogP contribution in [0.15, 0.2) is 0 Å². The molecule has 18 heavy (non-hydrogen) atoms. The van der Waals surface area contributed by atoms with Gasteiger partial charge in [-0.15, -0.1) is 0 Å². The number of hydrogen-bond acceptors (Lipinski definition) is 4. The molecule has 2 saturated heterocycles. The van der Waals surface area contributed by atoms with Gasteiger partial charge in [-0.2, -0.15) is 0 Å². The van der Waals surface area contributed by atoms with E-state index in [4.69, 9.17) is 5.73 Å². The summed E-state index contributed by atoms with van der Waals surface area (Å²) in [6, 6.07) is 0.195. The average Bonchev–Trinajstić information content (AvgIpc) is 2.29. The van der Waals surface area contributed by atoms with Crippen molar-refractivity contribution in [3.63, 3.8) is 0 Å². The van der Waals surface area contributed by atoms with Gasteiger partial charge in [-0.1, -0.05) is 0 Å². The van der Waals surface area contributed by atoms with Crippen molar-refractivity contribution in [2.24, 2.45) is 11.7 Å². The van der Waals surface area contributed by atoms with Crippen LogP contribution < -0.4 is 11.1 Å². The highest BCUT2D eigenvalue weighted by Crippen LogP contribution is 2.28. The van der Waals surface area contributed by atoms with E-state index in [2.05, 4.69) is 10.2 Å². The Hall–Kier alpha value is -0.650. The Morgan fingerprint density at radius 2 is 2.17 bits per heavy atom. The number of primary amides is 1. The van der Waals surface area contributed by atoms with Gasteiger partial charge in [0.1, 0.15) is 0 Å². The maximum atomic E-state index is 10.9. The lowest BCUT2D eigenvalue weighted by molar-refractivity contribution is -0.119. The van der Waals surface area contributed by atoms with Crippen molar-refractivity contribution in [3.8, 4) is 0 Å². The quantitative estimate of drug-likeness (QED) is 0.646. The van der Waals surface area contributed by atoms with Crippen LogP contribution in [0.4, 0.5) is 0 Å². The summed E-state index contributed by atoms with van der Waals surface area (Å²) in [5.41, 5.74) is 4.65. The molecule has 104 valence electrons. The van der Waals surface area contributed by atoms with E-state index >= 15 is 0 Å². The smallest absolute Gasteiger partial charge is 0.217 e. The van der Waals surface area contributed by atoms with Crippen LogP contribution in [0.1, 0.15) is 32.6 Å². The maximum absolute atomic E-state index is 10.9. The summed E-state index contributed by atoms with van der Waals surface area (Å²) in [4.78, 5) is 13.3.